The lowest BCUT2D eigenvalue weighted by Gasteiger charge is -2.20. The lowest BCUT2D eigenvalue weighted by molar-refractivity contribution is 0.0696. The molecular formula is C15H15N3O3. The molecule has 0 saturated heterocycles. The predicted molar refractivity (Wildman–Crippen MR) is 79.1 cm³/mol. The summed E-state index contributed by atoms with van der Waals surface area (Å²) in [7, 11) is 3.38. The SMILES string of the molecule is CNC(=O)c1cc(N(C)c2ccc(C(=O)O)cc2)ccn1. The van der Waals surface area contributed by atoms with Gasteiger partial charge in [-0.25, -0.2) is 4.79 Å². The van der Waals surface area contributed by atoms with E-state index in [4.69, 9.17) is 5.11 Å². The van der Waals surface area contributed by atoms with Gasteiger partial charge in [0.1, 0.15) is 5.69 Å². The van der Waals surface area contributed by atoms with Gasteiger partial charge in [-0.2, -0.15) is 0 Å². The van der Waals surface area contributed by atoms with Crippen molar-refractivity contribution in [1.29, 1.82) is 0 Å². The van der Waals surface area contributed by atoms with E-state index in [1.165, 1.54) is 12.1 Å². The number of nitrogens with one attached hydrogen (secondary N) is 1. The molecule has 1 aromatic heterocycles. The maximum atomic E-state index is 11.6. The van der Waals surface area contributed by atoms with Crippen molar-refractivity contribution in [1.82, 2.24) is 10.3 Å². The van der Waals surface area contributed by atoms with Crippen molar-refractivity contribution in [2.24, 2.45) is 0 Å². The van der Waals surface area contributed by atoms with Crippen LogP contribution in [-0.2, 0) is 0 Å². The Morgan fingerprint density at radius 2 is 1.81 bits per heavy atom. The van der Waals surface area contributed by atoms with E-state index < -0.39 is 5.97 Å². The molecule has 0 aliphatic heterocycles. The Balaban J connectivity index is 2.29. The second-order valence-electron chi connectivity index (χ2n) is 4.39. The molecule has 0 fully saturated rings. The summed E-state index contributed by atoms with van der Waals surface area (Å²) in [5, 5.41) is 11.4. The number of carboxylic acid groups (broad SMARTS) is 1. The predicted octanol–water partition coefficient (Wildman–Crippen LogP) is 1.91. The van der Waals surface area contributed by atoms with Gasteiger partial charge in [0.05, 0.1) is 5.56 Å². The lowest BCUT2D eigenvalue weighted by atomic mass is 10.2. The first-order chi connectivity index (χ1) is 10.0. The Bertz CT molecular complexity index is 668. The number of aromatic carboxylic acids is 1. The van der Waals surface area contributed by atoms with Crippen LogP contribution in [0.15, 0.2) is 42.6 Å². The molecule has 0 bridgehead atoms. The Morgan fingerprint density at radius 1 is 1.14 bits per heavy atom. The van der Waals surface area contributed by atoms with Crippen molar-refractivity contribution >= 4 is 23.3 Å². The molecule has 1 aromatic carbocycles. The third-order valence-corrected chi connectivity index (χ3v) is 3.09. The quantitative estimate of drug-likeness (QED) is 0.896. The third-order valence-electron chi connectivity index (χ3n) is 3.09. The number of amides is 1. The number of benzene rings is 1. The average molecular weight is 285 g/mol. The van der Waals surface area contributed by atoms with E-state index in [2.05, 4.69) is 10.3 Å². The van der Waals surface area contributed by atoms with Crippen LogP contribution in [0.1, 0.15) is 20.8 Å². The maximum absolute atomic E-state index is 11.6. The smallest absolute Gasteiger partial charge is 0.335 e. The largest absolute Gasteiger partial charge is 0.478 e. The molecule has 0 unspecified atom stereocenters. The zero-order chi connectivity index (χ0) is 15.4. The molecule has 2 rings (SSSR count). The number of carboxylic acids is 1. The van der Waals surface area contributed by atoms with E-state index in [-0.39, 0.29) is 11.5 Å². The Hall–Kier alpha value is -2.89. The molecule has 0 radical (unpaired) electrons. The molecule has 108 valence electrons. The first kappa shape index (κ1) is 14.5. The number of aromatic nitrogens is 1. The molecule has 1 heterocycles. The van der Waals surface area contributed by atoms with Crippen molar-refractivity contribution < 1.29 is 14.7 Å². The summed E-state index contributed by atoms with van der Waals surface area (Å²) in [6, 6.07) is 9.94. The summed E-state index contributed by atoms with van der Waals surface area (Å²) >= 11 is 0. The van der Waals surface area contributed by atoms with Gasteiger partial charge in [-0.15, -0.1) is 0 Å². The fraction of sp³-hybridized carbons (Fsp3) is 0.133. The molecule has 0 saturated carbocycles. The van der Waals surface area contributed by atoms with Crippen molar-refractivity contribution in [3.8, 4) is 0 Å². The lowest BCUT2D eigenvalue weighted by Crippen LogP contribution is -2.20. The van der Waals surface area contributed by atoms with Crippen molar-refractivity contribution in [2.45, 2.75) is 0 Å². The van der Waals surface area contributed by atoms with Gasteiger partial charge in [0.25, 0.3) is 5.91 Å². The van der Waals surface area contributed by atoms with Gasteiger partial charge in [0.15, 0.2) is 0 Å². The summed E-state index contributed by atoms with van der Waals surface area (Å²) < 4.78 is 0. The van der Waals surface area contributed by atoms with E-state index in [1.807, 2.05) is 11.9 Å². The standard InChI is InChI=1S/C15H15N3O3/c1-16-14(19)13-9-12(7-8-17-13)18(2)11-5-3-10(4-6-11)15(20)21/h3-9H,1-2H3,(H,16,19)(H,20,21). The summed E-state index contributed by atoms with van der Waals surface area (Å²) in [5.41, 5.74) is 2.15. The first-order valence-corrected chi connectivity index (χ1v) is 6.28. The zero-order valence-electron chi connectivity index (χ0n) is 11.7. The first-order valence-electron chi connectivity index (χ1n) is 6.28. The van der Waals surface area contributed by atoms with Crippen LogP contribution in [0.25, 0.3) is 0 Å². The normalized spacial score (nSPS) is 10.0. The van der Waals surface area contributed by atoms with E-state index in [1.54, 1.807) is 37.5 Å². The van der Waals surface area contributed by atoms with E-state index >= 15 is 0 Å². The average Bonchev–Trinajstić information content (AvgIpc) is 2.53. The number of rotatable bonds is 4. The summed E-state index contributed by atoms with van der Waals surface area (Å²) in [6.45, 7) is 0. The highest BCUT2D eigenvalue weighted by atomic mass is 16.4. The minimum Gasteiger partial charge on any atom is -0.478 e. The van der Waals surface area contributed by atoms with Crippen LogP contribution in [0.3, 0.4) is 0 Å². The van der Waals surface area contributed by atoms with Crippen LogP contribution in [-0.4, -0.2) is 36.1 Å². The van der Waals surface area contributed by atoms with E-state index in [0.717, 1.165) is 11.4 Å². The molecule has 1 amide bonds. The van der Waals surface area contributed by atoms with Crippen LogP contribution in [0.2, 0.25) is 0 Å². The number of pyridine rings is 1. The Labute approximate surface area is 122 Å². The number of hydrogen-bond acceptors (Lipinski definition) is 4. The molecule has 6 heteroatoms. The van der Waals surface area contributed by atoms with Crippen molar-refractivity contribution in [2.75, 3.05) is 19.0 Å². The molecule has 0 aliphatic carbocycles. The van der Waals surface area contributed by atoms with Gasteiger partial charge in [0.2, 0.25) is 0 Å². The van der Waals surface area contributed by atoms with Crippen molar-refractivity contribution in [3.05, 3.63) is 53.9 Å². The topological polar surface area (TPSA) is 82.5 Å². The molecule has 21 heavy (non-hydrogen) atoms. The molecule has 2 N–H and O–H groups in total. The monoisotopic (exact) mass is 285 g/mol. The number of anilines is 2. The van der Waals surface area contributed by atoms with E-state index in [9.17, 15) is 9.59 Å². The minimum absolute atomic E-state index is 0.230. The molecular weight excluding hydrogens is 270 g/mol. The third kappa shape index (κ3) is 3.17. The molecule has 2 aromatic rings. The van der Waals surface area contributed by atoms with Gasteiger partial charge in [-0.3, -0.25) is 9.78 Å². The van der Waals surface area contributed by atoms with E-state index in [0.29, 0.717) is 5.69 Å². The highest BCUT2D eigenvalue weighted by Crippen LogP contribution is 2.23. The Morgan fingerprint density at radius 3 is 2.38 bits per heavy atom. The molecule has 0 aliphatic rings. The summed E-state index contributed by atoms with van der Waals surface area (Å²) in [5.74, 6) is -1.22. The second kappa shape index (κ2) is 6.04. The van der Waals surface area contributed by atoms with Crippen LogP contribution in [0.5, 0.6) is 0 Å². The highest BCUT2D eigenvalue weighted by Gasteiger charge is 2.10. The fourth-order valence-electron chi connectivity index (χ4n) is 1.86. The number of carbonyl (C=O) groups is 2. The van der Waals surface area contributed by atoms with Gasteiger partial charge in [-0.05, 0) is 36.4 Å². The summed E-state index contributed by atoms with van der Waals surface area (Å²) in [4.78, 5) is 28.3. The van der Waals surface area contributed by atoms with Gasteiger partial charge >= 0.3 is 5.97 Å². The van der Waals surface area contributed by atoms with Crippen LogP contribution in [0.4, 0.5) is 11.4 Å². The zero-order valence-corrected chi connectivity index (χ0v) is 11.7. The molecule has 6 nitrogen and oxygen atoms in total. The number of nitrogens with zero attached hydrogens (tertiary/aromatic N) is 2. The number of hydrogen-bond donors (Lipinski definition) is 2. The van der Waals surface area contributed by atoms with Gasteiger partial charge in [0, 0.05) is 31.7 Å². The summed E-state index contributed by atoms with van der Waals surface area (Å²) in [6.07, 6.45) is 1.56. The fourth-order valence-corrected chi connectivity index (χ4v) is 1.86. The minimum atomic E-state index is -0.963. The molecule has 0 spiro atoms. The van der Waals surface area contributed by atoms with Crippen molar-refractivity contribution in [3.63, 3.8) is 0 Å². The van der Waals surface area contributed by atoms with Gasteiger partial charge < -0.3 is 15.3 Å². The van der Waals surface area contributed by atoms with Crippen LogP contribution in [0, 0.1) is 0 Å². The highest BCUT2D eigenvalue weighted by molar-refractivity contribution is 5.93. The molecule has 0 atom stereocenters. The number of carbonyl (C=O) groups excluding carboxylic acids is 1. The maximum Gasteiger partial charge on any atom is 0.335 e. The van der Waals surface area contributed by atoms with Gasteiger partial charge in [-0.1, -0.05) is 0 Å². The van der Waals surface area contributed by atoms with Crippen LogP contribution >= 0.6 is 0 Å². The van der Waals surface area contributed by atoms with Crippen LogP contribution < -0.4 is 10.2 Å². The Kier molecular flexibility index (Phi) is 4.18. The second-order valence-corrected chi connectivity index (χ2v) is 4.39.